The van der Waals surface area contributed by atoms with E-state index in [2.05, 4.69) is 5.32 Å². The quantitative estimate of drug-likeness (QED) is 0.621. The molecule has 0 aliphatic carbocycles. The number of nitro benzene ring substituents is 1. The molecule has 0 amide bonds. The van der Waals surface area contributed by atoms with Crippen LogP contribution in [0.1, 0.15) is 30.2 Å². The maximum absolute atomic E-state index is 13.0. The number of hydrogen-bond donors (Lipinski definition) is 2. The van der Waals surface area contributed by atoms with E-state index >= 15 is 0 Å². The maximum atomic E-state index is 13.0. The molecule has 0 aromatic heterocycles. The molecular formula is C16H16ClFN2O3. The molecule has 0 saturated heterocycles. The van der Waals surface area contributed by atoms with Crippen LogP contribution in [0, 0.1) is 15.9 Å². The molecule has 122 valence electrons. The highest BCUT2D eigenvalue weighted by Gasteiger charge is 2.15. The first kappa shape index (κ1) is 17.3. The number of nitrogens with one attached hydrogen (secondary N) is 1. The molecule has 0 radical (unpaired) electrons. The van der Waals surface area contributed by atoms with Crippen LogP contribution >= 0.6 is 11.6 Å². The topological polar surface area (TPSA) is 75.4 Å². The van der Waals surface area contributed by atoms with Gasteiger partial charge >= 0.3 is 0 Å². The van der Waals surface area contributed by atoms with Crippen LogP contribution < -0.4 is 5.32 Å². The molecule has 2 rings (SSSR count). The number of halogens is 2. The highest BCUT2D eigenvalue weighted by molar-refractivity contribution is 6.31. The summed E-state index contributed by atoms with van der Waals surface area (Å²) in [6.45, 7) is 2.01. The third-order valence-electron chi connectivity index (χ3n) is 3.51. The van der Waals surface area contributed by atoms with E-state index in [4.69, 9.17) is 11.6 Å². The number of nitrogens with zero attached hydrogens (tertiary/aromatic N) is 1. The third kappa shape index (κ3) is 4.48. The lowest BCUT2D eigenvalue weighted by atomic mass is 10.1. The summed E-state index contributed by atoms with van der Waals surface area (Å²) >= 11 is 5.99. The number of aliphatic hydroxyl groups is 1. The lowest BCUT2D eigenvalue weighted by molar-refractivity contribution is -0.385. The maximum Gasteiger partial charge on any atom is 0.269 e. The molecule has 0 aliphatic rings. The van der Waals surface area contributed by atoms with E-state index < -0.39 is 16.8 Å². The zero-order chi connectivity index (χ0) is 17.0. The normalized spacial score (nSPS) is 13.6. The van der Waals surface area contributed by atoms with Gasteiger partial charge in [0.05, 0.1) is 11.0 Å². The Morgan fingerprint density at radius 3 is 2.74 bits per heavy atom. The van der Waals surface area contributed by atoms with E-state index in [1.807, 2.05) is 6.92 Å². The van der Waals surface area contributed by atoms with E-state index in [-0.39, 0.29) is 18.3 Å². The lowest BCUT2D eigenvalue weighted by Gasteiger charge is -2.18. The SMILES string of the molecule is CC(NCC(O)c1cccc([N+](=O)[O-])c1)c1ccc(F)cc1Cl. The zero-order valence-corrected chi connectivity index (χ0v) is 13.1. The van der Waals surface area contributed by atoms with E-state index in [0.29, 0.717) is 16.1 Å². The minimum absolute atomic E-state index is 0.0730. The van der Waals surface area contributed by atoms with E-state index in [9.17, 15) is 19.6 Å². The van der Waals surface area contributed by atoms with Crippen molar-refractivity contribution in [2.24, 2.45) is 0 Å². The van der Waals surface area contributed by atoms with Crippen LogP contribution in [-0.2, 0) is 0 Å². The third-order valence-corrected chi connectivity index (χ3v) is 3.84. The number of rotatable bonds is 6. The molecule has 0 bridgehead atoms. The molecule has 0 saturated carbocycles. The fourth-order valence-corrected chi connectivity index (χ4v) is 2.55. The van der Waals surface area contributed by atoms with Gasteiger partial charge in [-0.1, -0.05) is 29.8 Å². The Bertz CT molecular complexity index is 711. The predicted molar refractivity (Wildman–Crippen MR) is 85.9 cm³/mol. The van der Waals surface area contributed by atoms with Gasteiger partial charge in [0.1, 0.15) is 5.82 Å². The van der Waals surface area contributed by atoms with Gasteiger partial charge in [0.25, 0.3) is 5.69 Å². The molecule has 2 aromatic rings. The Kier molecular flexibility index (Phi) is 5.65. The summed E-state index contributed by atoms with van der Waals surface area (Å²) < 4.78 is 13.0. The Hall–Kier alpha value is -2.02. The number of nitro groups is 1. The average molecular weight is 339 g/mol. The summed E-state index contributed by atoms with van der Waals surface area (Å²) in [7, 11) is 0. The second kappa shape index (κ2) is 7.50. The molecule has 23 heavy (non-hydrogen) atoms. The van der Waals surface area contributed by atoms with Crippen LogP contribution in [0.15, 0.2) is 42.5 Å². The lowest BCUT2D eigenvalue weighted by Crippen LogP contribution is -2.25. The van der Waals surface area contributed by atoms with Crippen molar-refractivity contribution in [3.8, 4) is 0 Å². The summed E-state index contributed by atoms with van der Waals surface area (Å²) in [6, 6.07) is 9.76. The number of hydrogen-bond acceptors (Lipinski definition) is 4. The van der Waals surface area contributed by atoms with Gasteiger partial charge in [-0.3, -0.25) is 10.1 Å². The van der Waals surface area contributed by atoms with Crippen molar-refractivity contribution in [2.45, 2.75) is 19.1 Å². The Morgan fingerprint density at radius 2 is 2.09 bits per heavy atom. The first-order chi connectivity index (χ1) is 10.9. The second-order valence-corrected chi connectivity index (χ2v) is 5.57. The van der Waals surface area contributed by atoms with Crippen molar-refractivity contribution in [1.29, 1.82) is 0 Å². The summed E-state index contributed by atoms with van der Waals surface area (Å²) in [5, 5.41) is 24.3. The zero-order valence-electron chi connectivity index (χ0n) is 12.4. The van der Waals surface area contributed by atoms with Gasteiger partial charge in [-0.25, -0.2) is 4.39 Å². The first-order valence-corrected chi connectivity index (χ1v) is 7.37. The minimum atomic E-state index is -0.906. The highest BCUT2D eigenvalue weighted by Crippen LogP contribution is 2.24. The smallest absolute Gasteiger partial charge is 0.269 e. The van der Waals surface area contributed by atoms with E-state index in [1.165, 1.54) is 30.3 Å². The molecule has 2 N–H and O–H groups in total. The number of non-ortho nitro benzene ring substituents is 1. The van der Waals surface area contributed by atoms with Crippen LogP contribution in [-0.4, -0.2) is 16.6 Å². The number of benzene rings is 2. The molecule has 5 nitrogen and oxygen atoms in total. The summed E-state index contributed by atoms with van der Waals surface area (Å²) in [5.41, 5.74) is 1.08. The monoisotopic (exact) mass is 338 g/mol. The van der Waals surface area contributed by atoms with Crippen LogP contribution in [0.2, 0.25) is 5.02 Å². The molecule has 2 aromatic carbocycles. The van der Waals surface area contributed by atoms with Crippen molar-refractivity contribution < 1.29 is 14.4 Å². The predicted octanol–water partition coefficient (Wildman–Crippen LogP) is 3.77. The van der Waals surface area contributed by atoms with Crippen molar-refractivity contribution in [2.75, 3.05) is 6.54 Å². The Morgan fingerprint density at radius 1 is 1.35 bits per heavy atom. The van der Waals surface area contributed by atoms with Gasteiger partial charge in [0.2, 0.25) is 0 Å². The van der Waals surface area contributed by atoms with Gasteiger partial charge in [0.15, 0.2) is 0 Å². The van der Waals surface area contributed by atoms with Crippen LogP contribution in [0.25, 0.3) is 0 Å². The van der Waals surface area contributed by atoms with Crippen LogP contribution in [0.4, 0.5) is 10.1 Å². The Balaban J connectivity index is 2.02. The average Bonchev–Trinajstić information content (AvgIpc) is 2.52. The summed E-state index contributed by atoms with van der Waals surface area (Å²) in [5.74, 6) is -0.414. The van der Waals surface area contributed by atoms with Crippen LogP contribution in [0.3, 0.4) is 0 Å². The van der Waals surface area contributed by atoms with E-state index in [1.54, 1.807) is 12.1 Å². The van der Waals surface area contributed by atoms with Gasteiger partial charge in [-0.15, -0.1) is 0 Å². The van der Waals surface area contributed by atoms with Crippen molar-refractivity contribution in [3.63, 3.8) is 0 Å². The molecule has 0 aliphatic heterocycles. The molecular weight excluding hydrogens is 323 g/mol. The second-order valence-electron chi connectivity index (χ2n) is 5.16. The van der Waals surface area contributed by atoms with Gasteiger partial charge in [-0.05, 0) is 30.2 Å². The highest BCUT2D eigenvalue weighted by atomic mass is 35.5. The molecule has 0 fully saturated rings. The summed E-state index contributed by atoms with van der Waals surface area (Å²) in [6.07, 6.45) is -0.906. The fraction of sp³-hybridized carbons (Fsp3) is 0.250. The van der Waals surface area contributed by atoms with Crippen LogP contribution in [0.5, 0.6) is 0 Å². The molecule has 0 heterocycles. The molecule has 2 atom stereocenters. The van der Waals surface area contributed by atoms with Crippen molar-refractivity contribution >= 4 is 17.3 Å². The van der Waals surface area contributed by atoms with Crippen molar-refractivity contribution in [1.82, 2.24) is 5.32 Å². The number of aliphatic hydroxyl groups excluding tert-OH is 1. The Labute approximate surface area is 137 Å². The first-order valence-electron chi connectivity index (χ1n) is 6.99. The van der Waals surface area contributed by atoms with Gasteiger partial charge < -0.3 is 10.4 Å². The van der Waals surface area contributed by atoms with Crippen molar-refractivity contribution in [3.05, 3.63) is 74.5 Å². The molecule has 7 heteroatoms. The molecule has 0 spiro atoms. The molecule has 2 unspecified atom stereocenters. The van der Waals surface area contributed by atoms with E-state index in [0.717, 1.165) is 0 Å². The fourth-order valence-electron chi connectivity index (χ4n) is 2.21. The standard InChI is InChI=1S/C16H16ClFN2O3/c1-10(14-6-5-12(18)8-15(14)17)19-9-16(21)11-3-2-4-13(7-11)20(22)23/h2-8,10,16,19,21H,9H2,1H3. The van der Waals surface area contributed by atoms with Gasteiger partial charge in [-0.2, -0.15) is 0 Å². The minimum Gasteiger partial charge on any atom is -0.387 e. The summed E-state index contributed by atoms with van der Waals surface area (Å²) in [4.78, 5) is 10.2. The largest absolute Gasteiger partial charge is 0.387 e. The van der Waals surface area contributed by atoms with Gasteiger partial charge in [0, 0.05) is 29.7 Å².